The highest BCUT2D eigenvalue weighted by Gasteiger charge is 2.23. The average molecular weight is 223 g/mol. The van der Waals surface area contributed by atoms with Crippen LogP contribution in [0.4, 0.5) is 5.69 Å². The minimum absolute atomic E-state index is 0.0718. The van der Waals surface area contributed by atoms with Gasteiger partial charge in [0.1, 0.15) is 0 Å². The molecule has 0 fully saturated rings. The highest BCUT2D eigenvalue weighted by Crippen LogP contribution is 2.14. The average Bonchev–Trinajstić information content (AvgIpc) is 2.16. The molecule has 0 saturated heterocycles. The van der Waals surface area contributed by atoms with Crippen LogP contribution >= 0.6 is 0 Å². The minimum Gasteiger partial charge on any atom is -0.423 e. The number of rotatable bonds is 4. The molecule has 1 aromatic rings. The summed E-state index contributed by atoms with van der Waals surface area (Å²) in [6.07, 6.45) is 0.725. The number of hydrogen-bond acceptors (Lipinski definition) is 4. The molecule has 0 atom stereocenters. The largest absolute Gasteiger partial charge is 0.495 e. The molecule has 6 heteroatoms. The van der Waals surface area contributed by atoms with Gasteiger partial charge < -0.3 is 10.0 Å². The molecule has 1 rings (SSSR count). The van der Waals surface area contributed by atoms with Crippen molar-refractivity contribution in [1.29, 1.82) is 0 Å². The van der Waals surface area contributed by atoms with Crippen molar-refractivity contribution < 1.29 is 15.0 Å². The van der Waals surface area contributed by atoms with Gasteiger partial charge in [0.15, 0.2) is 0 Å². The molecule has 0 heterocycles. The van der Waals surface area contributed by atoms with Crippen LogP contribution in [-0.2, 0) is 6.42 Å². The third-order valence-electron chi connectivity index (χ3n) is 2.21. The number of benzene rings is 1. The van der Waals surface area contributed by atoms with Gasteiger partial charge in [-0.25, -0.2) is 0 Å². The van der Waals surface area contributed by atoms with Crippen molar-refractivity contribution in [3.63, 3.8) is 0 Å². The number of nitro benzene ring substituents is 1. The van der Waals surface area contributed by atoms with Gasteiger partial charge in [-0.15, -0.1) is 0 Å². The first kappa shape index (κ1) is 12.7. The third kappa shape index (κ3) is 3.05. The SMILES string of the molecule is CC(C)Cc1ccc(B(O)O)c([N+](=O)[O-])c1. The summed E-state index contributed by atoms with van der Waals surface area (Å²) >= 11 is 0. The summed E-state index contributed by atoms with van der Waals surface area (Å²) in [7, 11) is -1.81. The van der Waals surface area contributed by atoms with Crippen molar-refractivity contribution in [2.24, 2.45) is 5.92 Å². The molecule has 0 aliphatic rings. The van der Waals surface area contributed by atoms with Crippen molar-refractivity contribution in [2.75, 3.05) is 0 Å². The molecule has 86 valence electrons. The van der Waals surface area contributed by atoms with Crippen molar-refractivity contribution in [1.82, 2.24) is 0 Å². The Balaban J connectivity index is 3.12. The second kappa shape index (κ2) is 5.09. The predicted octanol–water partition coefficient (Wildman–Crippen LogP) is 0.473. The maximum Gasteiger partial charge on any atom is 0.495 e. The summed E-state index contributed by atoms with van der Waals surface area (Å²) in [6, 6.07) is 4.47. The van der Waals surface area contributed by atoms with Gasteiger partial charge >= 0.3 is 7.12 Å². The normalized spacial score (nSPS) is 10.6. The lowest BCUT2D eigenvalue weighted by molar-refractivity contribution is -0.383. The van der Waals surface area contributed by atoms with E-state index in [2.05, 4.69) is 0 Å². The highest BCUT2D eigenvalue weighted by atomic mass is 16.6. The molecule has 2 N–H and O–H groups in total. The Morgan fingerprint density at radius 1 is 1.44 bits per heavy atom. The molecule has 1 aromatic carbocycles. The smallest absolute Gasteiger partial charge is 0.423 e. The van der Waals surface area contributed by atoms with E-state index in [0.717, 1.165) is 12.0 Å². The topological polar surface area (TPSA) is 83.6 Å². The Labute approximate surface area is 94.0 Å². The quantitative estimate of drug-likeness (QED) is 0.441. The second-order valence-electron chi connectivity index (χ2n) is 4.12. The van der Waals surface area contributed by atoms with E-state index in [-0.39, 0.29) is 11.2 Å². The van der Waals surface area contributed by atoms with Gasteiger partial charge in [-0.2, -0.15) is 0 Å². The van der Waals surface area contributed by atoms with Crippen molar-refractivity contribution in [3.8, 4) is 0 Å². The lowest BCUT2D eigenvalue weighted by Crippen LogP contribution is -2.32. The number of nitro groups is 1. The summed E-state index contributed by atoms with van der Waals surface area (Å²) in [4.78, 5) is 10.1. The van der Waals surface area contributed by atoms with Crippen molar-refractivity contribution in [2.45, 2.75) is 20.3 Å². The monoisotopic (exact) mass is 223 g/mol. The second-order valence-corrected chi connectivity index (χ2v) is 4.12. The van der Waals surface area contributed by atoms with Crippen LogP contribution in [0.1, 0.15) is 19.4 Å². The maximum absolute atomic E-state index is 10.7. The van der Waals surface area contributed by atoms with Gasteiger partial charge in [-0.3, -0.25) is 10.1 Å². The summed E-state index contributed by atoms with van der Waals surface area (Å²) in [5.74, 6) is 0.393. The van der Waals surface area contributed by atoms with Gasteiger partial charge in [0.25, 0.3) is 5.69 Å². The number of nitrogens with zero attached hydrogens (tertiary/aromatic N) is 1. The van der Waals surface area contributed by atoms with Crippen LogP contribution in [0.25, 0.3) is 0 Å². The fourth-order valence-corrected chi connectivity index (χ4v) is 1.56. The van der Waals surface area contributed by atoms with E-state index in [4.69, 9.17) is 10.0 Å². The predicted molar refractivity (Wildman–Crippen MR) is 61.5 cm³/mol. The summed E-state index contributed by atoms with van der Waals surface area (Å²) in [6.45, 7) is 4.03. The van der Waals surface area contributed by atoms with Crippen LogP contribution in [0.3, 0.4) is 0 Å². The molecule has 16 heavy (non-hydrogen) atoms. The van der Waals surface area contributed by atoms with E-state index in [0.29, 0.717) is 5.92 Å². The summed E-state index contributed by atoms with van der Waals surface area (Å²) < 4.78 is 0. The molecule has 0 radical (unpaired) electrons. The van der Waals surface area contributed by atoms with Gasteiger partial charge in [0.2, 0.25) is 0 Å². The molecular formula is C10H14BNO4. The fourth-order valence-electron chi connectivity index (χ4n) is 1.56. The third-order valence-corrected chi connectivity index (χ3v) is 2.21. The zero-order valence-electron chi connectivity index (χ0n) is 9.25. The van der Waals surface area contributed by atoms with Crippen LogP contribution in [0, 0.1) is 16.0 Å². The zero-order valence-corrected chi connectivity index (χ0v) is 9.25. The molecule has 0 saturated carbocycles. The fraction of sp³-hybridized carbons (Fsp3) is 0.400. The van der Waals surface area contributed by atoms with E-state index >= 15 is 0 Å². The standard InChI is InChI=1S/C10H14BNO4/c1-7(2)5-8-3-4-9(11(13)14)10(6-8)12(15)16/h3-4,6-7,13-14H,5H2,1-2H3. The molecule has 0 bridgehead atoms. The van der Waals surface area contributed by atoms with Crippen LogP contribution in [0.5, 0.6) is 0 Å². The molecule has 5 nitrogen and oxygen atoms in total. The first-order valence-corrected chi connectivity index (χ1v) is 5.05. The van der Waals surface area contributed by atoms with Crippen molar-refractivity contribution in [3.05, 3.63) is 33.9 Å². The maximum atomic E-state index is 10.7. The Morgan fingerprint density at radius 3 is 2.50 bits per heavy atom. The van der Waals surface area contributed by atoms with Crippen LogP contribution in [0.15, 0.2) is 18.2 Å². The van der Waals surface area contributed by atoms with Crippen LogP contribution < -0.4 is 5.46 Å². The Morgan fingerprint density at radius 2 is 2.06 bits per heavy atom. The van der Waals surface area contributed by atoms with Crippen LogP contribution in [0.2, 0.25) is 0 Å². The van der Waals surface area contributed by atoms with Crippen molar-refractivity contribution >= 4 is 18.3 Å². The molecule has 0 unspecified atom stereocenters. The van der Waals surface area contributed by atoms with E-state index in [1.165, 1.54) is 12.1 Å². The molecule has 0 aliphatic heterocycles. The zero-order chi connectivity index (χ0) is 12.3. The highest BCUT2D eigenvalue weighted by molar-refractivity contribution is 6.60. The minimum atomic E-state index is -1.81. The molecular weight excluding hydrogens is 209 g/mol. The molecule has 0 aliphatic carbocycles. The van der Waals surface area contributed by atoms with Gasteiger partial charge in [-0.1, -0.05) is 26.0 Å². The lowest BCUT2D eigenvalue weighted by Gasteiger charge is -2.07. The summed E-state index contributed by atoms with van der Waals surface area (Å²) in [5.41, 5.74) is 0.511. The Bertz CT molecular complexity index is 392. The van der Waals surface area contributed by atoms with E-state index in [9.17, 15) is 10.1 Å². The van der Waals surface area contributed by atoms with Gasteiger partial charge in [-0.05, 0) is 17.9 Å². The molecule has 0 amide bonds. The van der Waals surface area contributed by atoms with Gasteiger partial charge in [0.05, 0.1) is 10.4 Å². The Hall–Kier alpha value is -1.40. The first-order chi connectivity index (χ1) is 7.41. The van der Waals surface area contributed by atoms with E-state index < -0.39 is 12.0 Å². The summed E-state index contributed by atoms with van der Waals surface area (Å²) in [5, 5.41) is 28.7. The van der Waals surface area contributed by atoms with E-state index in [1.54, 1.807) is 6.07 Å². The lowest BCUT2D eigenvalue weighted by atomic mass is 9.78. The molecule has 0 aromatic heterocycles. The van der Waals surface area contributed by atoms with E-state index in [1.807, 2.05) is 13.8 Å². The van der Waals surface area contributed by atoms with Crippen LogP contribution in [-0.4, -0.2) is 22.1 Å². The Kier molecular flexibility index (Phi) is 4.03. The van der Waals surface area contributed by atoms with Gasteiger partial charge in [0, 0.05) is 6.07 Å². The number of hydrogen-bond donors (Lipinski definition) is 2. The molecule has 0 spiro atoms. The first-order valence-electron chi connectivity index (χ1n) is 5.05.